The van der Waals surface area contributed by atoms with Gasteiger partial charge >= 0.3 is 5.97 Å². The lowest BCUT2D eigenvalue weighted by Crippen LogP contribution is -2.13. The van der Waals surface area contributed by atoms with E-state index in [0.29, 0.717) is 11.7 Å². The normalized spacial score (nSPS) is 22.2. The summed E-state index contributed by atoms with van der Waals surface area (Å²) in [6.45, 7) is 6.10. The summed E-state index contributed by atoms with van der Waals surface area (Å²) in [4.78, 5) is 12.8. The first-order valence-electron chi connectivity index (χ1n) is 8.81. The number of benzene rings is 2. The van der Waals surface area contributed by atoms with E-state index in [4.69, 9.17) is 4.74 Å². The van der Waals surface area contributed by atoms with Crippen LogP contribution in [-0.4, -0.2) is 10.5 Å². The van der Waals surface area contributed by atoms with E-state index in [1.807, 2.05) is 32.0 Å². The molecule has 1 aliphatic rings. The van der Waals surface area contributed by atoms with Gasteiger partial charge in [0.2, 0.25) is 0 Å². The number of hydrogen-bond acceptors (Lipinski definition) is 2. The van der Waals surface area contributed by atoms with E-state index in [9.17, 15) is 4.79 Å². The van der Waals surface area contributed by atoms with Crippen LogP contribution in [0.3, 0.4) is 0 Å². The summed E-state index contributed by atoms with van der Waals surface area (Å²) in [5.74, 6) is 1.08. The third-order valence-corrected chi connectivity index (χ3v) is 5.55. The van der Waals surface area contributed by atoms with Gasteiger partial charge in [0.15, 0.2) is 0 Å². The van der Waals surface area contributed by atoms with Crippen LogP contribution in [0.5, 0.6) is 5.75 Å². The number of carbonyl (C=O) groups is 1. The molecule has 0 saturated heterocycles. The summed E-state index contributed by atoms with van der Waals surface area (Å²) in [5, 5.41) is 1.24. The largest absolute Gasteiger partial charge is 0.426 e. The van der Waals surface area contributed by atoms with Crippen LogP contribution >= 0.6 is 0 Å². The van der Waals surface area contributed by atoms with Crippen LogP contribution in [0.2, 0.25) is 0 Å². The molecule has 0 bridgehead atoms. The highest BCUT2D eigenvalue weighted by Gasteiger charge is 2.54. The average Bonchev–Trinajstić information content (AvgIpc) is 3.15. The molecule has 3 atom stereocenters. The zero-order chi connectivity index (χ0) is 17.7. The number of para-hydroxylation sites is 2. The molecule has 3 aromatic rings. The van der Waals surface area contributed by atoms with Crippen molar-refractivity contribution in [3.63, 3.8) is 0 Å². The third-order valence-electron chi connectivity index (χ3n) is 5.55. The third kappa shape index (κ3) is 2.55. The minimum Gasteiger partial charge on any atom is -0.426 e. The van der Waals surface area contributed by atoms with Gasteiger partial charge in [-0.05, 0) is 42.5 Å². The standard InChI is InChI=1S/C22H23NO2/c1-13-8-7-9-14(2)21(13)25-22(24)20-15(3)19(20)17-12-23(4)18-11-6-5-10-16(17)18/h5-12,15,19-20H,1-4H3/t15-,19-,20+/m0/s1. The quantitative estimate of drug-likeness (QED) is 0.511. The molecule has 3 nitrogen and oxygen atoms in total. The lowest BCUT2D eigenvalue weighted by atomic mass is 10.1. The van der Waals surface area contributed by atoms with E-state index in [1.54, 1.807) is 0 Å². The highest BCUT2D eigenvalue weighted by molar-refractivity contribution is 5.88. The highest BCUT2D eigenvalue weighted by atomic mass is 16.5. The Morgan fingerprint density at radius 1 is 1.04 bits per heavy atom. The fraction of sp³-hybridized carbons (Fsp3) is 0.318. The van der Waals surface area contributed by atoms with Gasteiger partial charge in [0.05, 0.1) is 5.92 Å². The second kappa shape index (κ2) is 5.76. The smallest absolute Gasteiger partial charge is 0.315 e. The number of esters is 1. The van der Waals surface area contributed by atoms with Crippen molar-refractivity contribution in [2.75, 3.05) is 0 Å². The zero-order valence-electron chi connectivity index (χ0n) is 15.1. The lowest BCUT2D eigenvalue weighted by molar-refractivity contribution is -0.136. The SMILES string of the molecule is Cc1cccc(C)c1OC(=O)[C@@H]1[C@@H](C)[C@H]1c1cn(C)c2ccccc12. The van der Waals surface area contributed by atoms with Crippen LogP contribution in [0.4, 0.5) is 0 Å². The molecule has 0 radical (unpaired) electrons. The molecule has 0 N–H and O–H groups in total. The summed E-state index contributed by atoms with van der Waals surface area (Å²) in [5.41, 5.74) is 4.47. The molecule has 0 amide bonds. The van der Waals surface area contributed by atoms with Crippen LogP contribution < -0.4 is 4.74 Å². The zero-order valence-corrected chi connectivity index (χ0v) is 15.1. The van der Waals surface area contributed by atoms with Gasteiger partial charge in [0.25, 0.3) is 0 Å². The topological polar surface area (TPSA) is 31.2 Å². The van der Waals surface area contributed by atoms with E-state index >= 15 is 0 Å². The van der Waals surface area contributed by atoms with Gasteiger partial charge in [-0.3, -0.25) is 4.79 Å². The molecule has 1 aliphatic carbocycles. The van der Waals surface area contributed by atoms with Crippen molar-refractivity contribution in [1.82, 2.24) is 4.57 Å². The number of fused-ring (bicyclic) bond motifs is 1. The average molecular weight is 333 g/mol. The summed E-state index contributed by atoms with van der Waals surface area (Å²) < 4.78 is 7.94. The molecule has 1 aromatic heterocycles. The van der Waals surface area contributed by atoms with E-state index in [1.165, 1.54) is 16.5 Å². The Kier molecular flexibility index (Phi) is 3.68. The summed E-state index contributed by atoms with van der Waals surface area (Å²) >= 11 is 0. The number of hydrogen-bond donors (Lipinski definition) is 0. The highest BCUT2D eigenvalue weighted by Crippen LogP contribution is 2.56. The first kappa shape index (κ1) is 15.9. The molecule has 2 aromatic carbocycles. The Morgan fingerprint density at radius 3 is 2.44 bits per heavy atom. The maximum Gasteiger partial charge on any atom is 0.315 e. The van der Waals surface area contributed by atoms with Crippen molar-refractivity contribution in [2.24, 2.45) is 18.9 Å². The number of aromatic nitrogens is 1. The molecule has 1 heterocycles. The van der Waals surface area contributed by atoms with Gasteiger partial charge in [0, 0.05) is 30.1 Å². The molecule has 0 unspecified atom stereocenters. The predicted molar refractivity (Wildman–Crippen MR) is 99.9 cm³/mol. The minimum absolute atomic E-state index is 0.0650. The summed E-state index contributed by atoms with van der Waals surface area (Å²) in [7, 11) is 2.06. The Balaban J connectivity index is 1.61. The molecule has 0 aliphatic heterocycles. The van der Waals surface area contributed by atoms with Gasteiger partial charge in [-0.25, -0.2) is 0 Å². The first-order valence-corrected chi connectivity index (χ1v) is 8.81. The Hall–Kier alpha value is -2.55. The molecule has 25 heavy (non-hydrogen) atoms. The molecular weight excluding hydrogens is 310 g/mol. The van der Waals surface area contributed by atoms with Gasteiger partial charge in [-0.15, -0.1) is 0 Å². The number of ether oxygens (including phenoxy) is 1. The van der Waals surface area contributed by atoms with Crippen molar-refractivity contribution >= 4 is 16.9 Å². The molecule has 0 spiro atoms. The Morgan fingerprint density at radius 2 is 1.72 bits per heavy atom. The molecule has 3 heteroatoms. The predicted octanol–water partition coefficient (Wildman–Crippen LogP) is 4.75. The van der Waals surface area contributed by atoms with Gasteiger partial charge in [0.1, 0.15) is 5.75 Å². The van der Waals surface area contributed by atoms with Crippen LogP contribution in [0.15, 0.2) is 48.7 Å². The fourth-order valence-corrected chi connectivity index (χ4v) is 4.07. The second-order valence-corrected chi connectivity index (χ2v) is 7.27. The number of nitrogens with zero attached hydrogens (tertiary/aromatic N) is 1. The van der Waals surface area contributed by atoms with Gasteiger partial charge < -0.3 is 9.30 Å². The van der Waals surface area contributed by atoms with E-state index in [2.05, 4.69) is 49.0 Å². The van der Waals surface area contributed by atoms with Crippen molar-refractivity contribution in [3.8, 4) is 5.75 Å². The monoisotopic (exact) mass is 333 g/mol. The van der Waals surface area contributed by atoms with Gasteiger partial charge in [-0.2, -0.15) is 0 Å². The molecule has 4 rings (SSSR count). The van der Waals surface area contributed by atoms with Gasteiger partial charge in [-0.1, -0.05) is 43.3 Å². The summed E-state index contributed by atoms with van der Waals surface area (Å²) in [6.07, 6.45) is 2.16. The van der Waals surface area contributed by atoms with E-state index < -0.39 is 0 Å². The van der Waals surface area contributed by atoms with Crippen LogP contribution in [-0.2, 0) is 11.8 Å². The Labute approximate surface area is 148 Å². The maximum absolute atomic E-state index is 12.8. The van der Waals surface area contributed by atoms with Crippen LogP contribution in [0.25, 0.3) is 10.9 Å². The van der Waals surface area contributed by atoms with Crippen LogP contribution in [0, 0.1) is 25.7 Å². The second-order valence-electron chi connectivity index (χ2n) is 7.27. The number of rotatable bonds is 3. The Bertz CT molecular complexity index is 949. The summed E-state index contributed by atoms with van der Waals surface area (Å²) in [6, 6.07) is 14.3. The van der Waals surface area contributed by atoms with Crippen molar-refractivity contribution in [2.45, 2.75) is 26.7 Å². The maximum atomic E-state index is 12.8. The minimum atomic E-state index is -0.108. The molecule has 128 valence electrons. The van der Waals surface area contributed by atoms with Crippen LogP contribution in [0.1, 0.15) is 29.5 Å². The van der Waals surface area contributed by atoms with Crippen molar-refractivity contribution < 1.29 is 9.53 Å². The first-order chi connectivity index (χ1) is 12.0. The number of aryl methyl sites for hydroxylation is 3. The fourth-order valence-electron chi connectivity index (χ4n) is 4.07. The van der Waals surface area contributed by atoms with Crippen molar-refractivity contribution in [1.29, 1.82) is 0 Å². The molecular formula is C22H23NO2. The lowest BCUT2D eigenvalue weighted by Gasteiger charge is -2.10. The number of carbonyl (C=O) groups excluding carboxylic acids is 1. The van der Waals surface area contributed by atoms with E-state index in [-0.39, 0.29) is 17.8 Å². The van der Waals surface area contributed by atoms with Crippen molar-refractivity contribution in [3.05, 3.63) is 65.4 Å². The molecule has 1 fully saturated rings. The van der Waals surface area contributed by atoms with E-state index in [0.717, 1.165) is 11.1 Å². The molecule has 1 saturated carbocycles.